The van der Waals surface area contributed by atoms with Gasteiger partial charge < -0.3 is 15.5 Å². The average Bonchev–Trinajstić information content (AvgIpc) is 3.04. The van der Waals surface area contributed by atoms with Crippen LogP contribution >= 0.6 is 0 Å². The molecule has 2 amide bonds. The molecule has 1 aliphatic heterocycles. The van der Waals surface area contributed by atoms with E-state index in [1.54, 1.807) is 0 Å². The van der Waals surface area contributed by atoms with Crippen molar-refractivity contribution in [3.05, 3.63) is 29.8 Å². The number of nitrogens with one attached hydrogen (secondary N) is 2. The zero-order chi connectivity index (χ0) is 16.8. The standard InChI is InChI=1S/C18H27N3O2/c1-13(2)17(20-14(3)22)18(23)19-12-15-6-8-16(9-7-15)21-10-4-5-11-21/h6-9,13,17H,4-5,10-12H2,1-3H3,(H,19,23)(H,20,22). The van der Waals surface area contributed by atoms with E-state index in [0.717, 1.165) is 18.7 Å². The molecule has 126 valence electrons. The van der Waals surface area contributed by atoms with Crippen molar-refractivity contribution in [1.82, 2.24) is 10.6 Å². The molecule has 23 heavy (non-hydrogen) atoms. The maximum atomic E-state index is 12.2. The zero-order valence-electron chi connectivity index (χ0n) is 14.3. The first-order chi connectivity index (χ1) is 11.0. The van der Waals surface area contributed by atoms with Crippen LogP contribution in [0.25, 0.3) is 0 Å². The van der Waals surface area contributed by atoms with Crippen LogP contribution in [0.15, 0.2) is 24.3 Å². The summed E-state index contributed by atoms with van der Waals surface area (Å²) in [6, 6.07) is 7.84. The fraction of sp³-hybridized carbons (Fsp3) is 0.556. The minimum Gasteiger partial charge on any atom is -0.372 e. The van der Waals surface area contributed by atoms with Crippen molar-refractivity contribution in [1.29, 1.82) is 0 Å². The molecule has 1 atom stereocenters. The summed E-state index contributed by atoms with van der Waals surface area (Å²) in [5.74, 6) is -0.274. The topological polar surface area (TPSA) is 61.4 Å². The Kier molecular flexibility index (Phi) is 6.02. The van der Waals surface area contributed by atoms with E-state index in [1.165, 1.54) is 25.5 Å². The summed E-state index contributed by atoms with van der Waals surface area (Å²) in [7, 11) is 0. The highest BCUT2D eigenvalue weighted by molar-refractivity contribution is 5.87. The van der Waals surface area contributed by atoms with E-state index in [2.05, 4.69) is 39.8 Å². The van der Waals surface area contributed by atoms with E-state index in [9.17, 15) is 9.59 Å². The number of nitrogens with zero attached hydrogens (tertiary/aromatic N) is 1. The molecule has 0 spiro atoms. The molecule has 0 radical (unpaired) electrons. The molecule has 1 unspecified atom stereocenters. The van der Waals surface area contributed by atoms with Crippen molar-refractivity contribution >= 4 is 17.5 Å². The molecule has 2 rings (SSSR count). The van der Waals surface area contributed by atoms with Crippen molar-refractivity contribution in [2.24, 2.45) is 5.92 Å². The molecule has 1 aromatic carbocycles. The van der Waals surface area contributed by atoms with Gasteiger partial charge in [-0.25, -0.2) is 0 Å². The lowest BCUT2D eigenvalue weighted by Crippen LogP contribution is -2.48. The van der Waals surface area contributed by atoms with Crippen LogP contribution < -0.4 is 15.5 Å². The van der Waals surface area contributed by atoms with Crippen LogP contribution in [-0.2, 0) is 16.1 Å². The van der Waals surface area contributed by atoms with Crippen LogP contribution in [0.2, 0.25) is 0 Å². The van der Waals surface area contributed by atoms with Gasteiger partial charge in [0.05, 0.1) is 0 Å². The van der Waals surface area contributed by atoms with Gasteiger partial charge in [0.2, 0.25) is 11.8 Å². The van der Waals surface area contributed by atoms with Crippen LogP contribution in [0.4, 0.5) is 5.69 Å². The number of benzene rings is 1. The lowest BCUT2D eigenvalue weighted by molar-refractivity contribution is -0.129. The van der Waals surface area contributed by atoms with Gasteiger partial charge in [0, 0.05) is 32.2 Å². The third kappa shape index (κ3) is 4.98. The second-order valence-corrected chi connectivity index (χ2v) is 6.50. The fourth-order valence-corrected chi connectivity index (χ4v) is 2.85. The second kappa shape index (κ2) is 7.99. The molecule has 2 N–H and O–H groups in total. The molecule has 5 nitrogen and oxygen atoms in total. The Morgan fingerprint density at radius 2 is 1.74 bits per heavy atom. The van der Waals surface area contributed by atoms with Gasteiger partial charge in [-0.05, 0) is 36.5 Å². The summed E-state index contributed by atoms with van der Waals surface area (Å²) in [6.45, 7) is 8.00. The van der Waals surface area contributed by atoms with Crippen LogP contribution in [0.1, 0.15) is 39.2 Å². The minimum atomic E-state index is -0.489. The smallest absolute Gasteiger partial charge is 0.243 e. The van der Waals surface area contributed by atoms with E-state index in [4.69, 9.17) is 0 Å². The number of amides is 2. The normalized spacial score (nSPS) is 15.6. The molecular weight excluding hydrogens is 290 g/mol. The summed E-state index contributed by atoms with van der Waals surface area (Å²) in [4.78, 5) is 25.8. The zero-order valence-corrected chi connectivity index (χ0v) is 14.3. The van der Waals surface area contributed by atoms with Gasteiger partial charge in [0.1, 0.15) is 6.04 Å². The maximum Gasteiger partial charge on any atom is 0.243 e. The Morgan fingerprint density at radius 3 is 2.26 bits per heavy atom. The van der Waals surface area contributed by atoms with Crippen LogP contribution in [0.3, 0.4) is 0 Å². The Morgan fingerprint density at radius 1 is 1.13 bits per heavy atom. The summed E-state index contributed by atoms with van der Waals surface area (Å²) in [6.07, 6.45) is 2.52. The number of hydrogen-bond donors (Lipinski definition) is 2. The predicted octanol–water partition coefficient (Wildman–Crippen LogP) is 2.06. The van der Waals surface area contributed by atoms with E-state index < -0.39 is 6.04 Å². The third-order valence-electron chi connectivity index (χ3n) is 4.18. The Hall–Kier alpha value is -2.04. The van der Waals surface area contributed by atoms with Crippen molar-refractivity contribution < 1.29 is 9.59 Å². The third-order valence-corrected chi connectivity index (χ3v) is 4.18. The number of anilines is 1. The highest BCUT2D eigenvalue weighted by Gasteiger charge is 2.22. The van der Waals surface area contributed by atoms with Crippen LogP contribution in [0, 0.1) is 5.92 Å². The van der Waals surface area contributed by atoms with Gasteiger partial charge in [-0.2, -0.15) is 0 Å². The summed E-state index contributed by atoms with van der Waals surface area (Å²) in [5.41, 5.74) is 2.31. The molecule has 1 aliphatic rings. The molecule has 0 aromatic heterocycles. The van der Waals surface area contributed by atoms with E-state index in [1.807, 2.05) is 13.8 Å². The Labute approximate surface area is 138 Å². The highest BCUT2D eigenvalue weighted by Crippen LogP contribution is 2.20. The van der Waals surface area contributed by atoms with E-state index in [-0.39, 0.29) is 17.7 Å². The van der Waals surface area contributed by atoms with Gasteiger partial charge in [0.25, 0.3) is 0 Å². The van der Waals surface area contributed by atoms with Crippen molar-refractivity contribution in [2.75, 3.05) is 18.0 Å². The summed E-state index contributed by atoms with van der Waals surface area (Å²) in [5, 5.41) is 5.61. The summed E-state index contributed by atoms with van der Waals surface area (Å²) < 4.78 is 0. The molecular formula is C18H27N3O2. The first-order valence-corrected chi connectivity index (χ1v) is 8.36. The number of carbonyl (C=O) groups excluding carboxylic acids is 2. The highest BCUT2D eigenvalue weighted by atomic mass is 16.2. The molecule has 1 aromatic rings. The quantitative estimate of drug-likeness (QED) is 0.844. The molecule has 0 bridgehead atoms. The minimum absolute atomic E-state index is 0.0523. The van der Waals surface area contributed by atoms with Gasteiger partial charge >= 0.3 is 0 Å². The number of rotatable bonds is 6. The van der Waals surface area contributed by atoms with Crippen molar-refractivity contribution in [2.45, 2.75) is 46.2 Å². The van der Waals surface area contributed by atoms with Gasteiger partial charge in [0.15, 0.2) is 0 Å². The largest absolute Gasteiger partial charge is 0.372 e. The fourth-order valence-electron chi connectivity index (χ4n) is 2.85. The molecule has 0 saturated carbocycles. The van der Waals surface area contributed by atoms with E-state index >= 15 is 0 Å². The molecule has 1 saturated heterocycles. The average molecular weight is 317 g/mol. The molecule has 5 heteroatoms. The molecule has 1 heterocycles. The first kappa shape index (κ1) is 17.3. The lowest BCUT2D eigenvalue weighted by Gasteiger charge is -2.21. The van der Waals surface area contributed by atoms with Crippen molar-refractivity contribution in [3.63, 3.8) is 0 Å². The lowest BCUT2D eigenvalue weighted by atomic mass is 10.0. The van der Waals surface area contributed by atoms with Gasteiger partial charge in [-0.15, -0.1) is 0 Å². The number of carbonyl (C=O) groups is 2. The van der Waals surface area contributed by atoms with Crippen LogP contribution in [-0.4, -0.2) is 30.9 Å². The number of hydrogen-bond acceptors (Lipinski definition) is 3. The predicted molar refractivity (Wildman–Crippen MR) is 92.2 cm³/mol. The SMILES string of the molecule is CC(=O)NC(C(=O)NCc1ccc(N2CCCC2)cc1)C(C)C. The molecule has 0 aliphatic carbocycles. The Bertz CT molecular complexity index is 534. The van der Waals surface area contributed by atoms with E-state index in [0.29, 0.717) is 6.54 Å². The van der Waals surface area contributed by atoms with Crippen LogP contribution in [0.5, 0.6) is 0 Å². The second-order valence-electron chi connectivity index (χ2n) is 6.50. The maximum absolute atomic E-state index is 12.2. The molecule has 1 fully saturated rings. The van der Waals surface area contributed by atoms with Gasteiger partial charge in [-0.3, -0.25) is 9.59 Å². The Balaban J connectivity index is 1.89. The first-order valence-electron chi connectivity index (χ1n) is 8.36. The summed E-state index contributed by atoms with van der Waals surface area (Å²) >= 11 is 0. The van der Waals surface area contributed by atoms with Crippen molar-refractivity contribution in [3.8, 4) is 0 Å². The monoisotopic (exact) mass is 317 g/mol. The van der Waals surface area contributed by atoms with Gasteiger partial charge in [-0.1, -0.05) is 26.0 Å².